The van der Waals surface area contributed by atoms with Gasteiger partial charge in [0.15, 0.2) is 0 Å². The number of hydrogen-bond donors (Lipinski definition) is 0. The first-order valence-corrected chi connectivity index (χ1v) is 10.0. The Morgan fingerprint density at radius 1 is 1.20 bits per heavy atom. The van der Waals surface area contributed by atoms with Gasteiger partial charge in [-0.25, -0.2) is 9.18 Å². The third kappa shape index (κ3) is 2.88. The smallest absolute Gasteiger partial charge is 0.354 e. The van der Waals surface area contributed by atoms with E-state index >= 15 is 0 Å². The summed E-state index contributed by atoms with van der Waals surface area (Å²) in [6.45, 7) is 3.14. The zero-order valence-electron chi connectivity index (χ0n) is 16.5. The van der Waals surface area contributed by atoms with Gasteiger partial charge in [0.1, 0.15) is 12.4 Å². The number of nitrogens with zero attached hydrogens (tertiary/aromatic N) is 2. The predicted molar refractivity (Wildman–Crippen MR) is 108 cm³/mol. The van der Waals surface area contributed by atoms with Crippen molar-refractivity contribution in [2.75, 3.05) is 4.90 Å². The van der Waals surface area contributed by atoms with E-state index in [1.807, 2.05) is 0 Å². The average Bonchev–Trinajstić information content (AvgIpc) is 3.05. The summed E-state index contributed by atoms with van der Waals surface area (Å²) in [6.07, 6.45) is 0.175. The fourth-order valence-corrected chi connectivity index (χ4v) is 4.51. The van der Waals surface area contributed by atoms with Crippen molar-refractivity contribution in [1.29, 1.82) is 0 Å². The number of esters is 1. The van der Waals surface area contributed by atoms with Crippen molar-refractivity contribution >= 4 is 35.1 Å². The molecule has 2 amide bonds. The molecule has 2 aromatic carbocycles. The van der Waals surface area contributed by atoms with Crippen LogP contribution in [0.4, 0.5) is 10.1 Å². The summed E-state index contributed by atoms with van der Waals surface area (Å²) in [5.74, 6) is -2.02. The largest absolute Gasteiger partial charge is 0.457 e. The topological polar surface area (TPSA) is 66.9 Å². The van der Waals surface area contributed by atoms with E-state index < -0.39 is 24.1 Å². The molecule has 30 heavy (non-hydrogen) atoms. The lowest BCUT2D eigenvalue weighted by Crippen LogP contribution is -2.70. The molecule has 2 heterocycles. The van der Waals surface area contributed by atoms with E-state index in [1.54, 1.807) is 38.1 Å². The van der Waals surface area contributed by atoms with E-state index in [4.69, 9.17) is 16.3 Å². The summed E-state index contributed by atoms with van der Waals surface area (Å²) in [5, 5.41) is 0.130. The predicted octanol–water partition coefficient (Wildman–Crippen LogP) is 3.91. The van der Waals surface area contributed by atoms with Crippen LogP contribution in [0.15, 0.2) is 42.5 Å². The van der Waals surface area contributed by atoms with Crippen LogP contribution < -0.4 is 4.90 Å². The molecule has 6 nitrogen and oxygen atoms in total. The lowest BCUT2D eigenvalue weighted by molar-refractivity contribution is -0.159. The summed E-state index contributed by atoms with van der Waals surface area (Å²) >= 11 is 6.04. The Morgan fingerprint density at radius 3 is 2.63 bits per heavy atom. The van der Waals surface area contributed by atoms with E-state index in [0.29, 0.717) is 11.3 Å². The summed E-state index contributed by atoms with van der Waals surface area (Å²) in [4.78, 5) is 42.3. The number of benzene rings is 2. The highest BCUT2D eigenvalue weighted by molar-refractivity contribution is 6.31. The normalized spacial score (nSPS) is 20.4. The van der Waals surface area contributed by atoms with Gasteiger partial charge in [-0.3, -0.25) is 14.5 Å². The summed E-state index contributed by atoms with van der Waals surface area (Å²) in [5.41, 5.74) is -0.850. The van der Waals surface area contributed by atoms with Crippen LogP contribution in [-0.2, 0) is 20.9 Å². The quantitative estimate of drug-likeness (QED) is 0.690. The number of hydrogen-bond acceptors (Lipinski definition) is 4. The number of ether oxygens (including phenoxy) is 1. The molecular formula is C22H20ClFN2O4. The second-order valence-corrected chi connectivity index (χ2v) is 8.02. The number of carbonyl (C=O) groups excluding carboxylic acids is 3. The summed E-state index contributed by atoms with van der Waals surface area (Å²) in [6, 6.07) is 10.5. The van der Waals surface area contributed by atoms with Crippen LogP contribution in [0.1, 0.15) is 42.6 Å². The van der Waals surface area contributed by atoms with Crippen LogP contribution in [0, 0.1) is 5.82 Å². The van der Waals surface area contributed by atoms with Crippen LogP contribution in [-0.4, -0.2) is 34.4 Å². The molecule has 0 unspecified atom stereocenters. The van der Waals surface area contributed by atoms with Gasteiger partial charge in [-0.05, 0) is 38.1 Å². The molecule has 0 aromatic heterocycles. The lowest BCUT2D eigenvalue weighted by atomic mass is 9.95. The zero-order chi connectivity index (χ0) is 21.6. The van der Waals surface area contributed by atoms with Gasteiger partial charge in [0.05, 0.1) is 16.3 Å². The Hall–Kier alpha value is -2.93. The molecule has 156 valence electrons. The highest BCUT2D eigenvalue weighted by Crippen LogP contribution is 2.46. The molecule has 1 saturated heterocycles. The van der Waals surface area contributed by atoms with Gasteiger partial charge in [-0.15, -0.1) is 0 Å². The standard InChI is InChI=1S/C22H20ClFN2O4/c1-13(2)25-20(28)14-6-3-4-9-18(14)26-19(27)10-11-22(25,26)21(29)30-12-15-16(23)7-5-8-17(15)24/h3-9,13H,10-12H2,1-2H3/t22-/m0/s1. The highest BCUT2D eigenvalue weighted by atomic mass is 35.5. The minimum Gasteiger partial charge on any atom is -0.457 e. The first kappa shape index (κ1) is 20.3. The Labute approximate surface area is 178 Å². The Bertz CT molecular complexity index is 1040. The van der Waals surface area contributed by atoms with Crippen molar-refractivity contribution in [1.82, 2.24) is 4.90 Å². The van der Waals surface area contributed by atoms with Gasteiger partial charge in [-0.2, -0.15) is 0 Å². The SMILES string of the molecule is CC(C)N1C(=O)c2ccccc2N2C(=O)CC[C@@]21C(=O)OCc1c(F)cccc1Cl. The van der Waals surface area contributed by atoms with Gasteiger partial charge >= 0.3 is 5.97 Å². The molecule has 0 bridgehead atoms. The fraction of sp³-hybridized carbons (Fsp3) is 0.318. The number of fused-ring (bicyclic) bond motifs is 3. The van der Waals surface area contributed by atoms with Crippen molar-refractivity contribution < 1.29 is 23.5 Å². The third-order valence-electron chi connectivity index (χ3n) is 5.55. The van der Waals surface area contributed by atoms with Gasteiger partial charge in [-0.1, -0.05) is 29.8 Å². The second-order valence-electron chi connectivity index (χ2n) is 7.61. The van der Waals surface area contributed by atoms with E-state index in [2.05, 4.69) is 0 Å². The number of carbonyl (C=O) groups is 3. The molecule has 0 radical (unpaired) electrons. The minimum atomic E-state index is -1.62. The van der Waals surface area contributed by atoms with Crippen molar-refractivity contribution in [3.8, 4) is 0 Å². The second kappa shape index (κ2) is 7.40. The molecular weight excluding hydrogens is 411 g/mol. The maximum atomic E-state index is 14.1. The molecule has 8 heteroatoms. The van der Waals surface area contributed by atoms with Gasteiger partial charge in [0.2, 0.25) is 11.6 Å². The molecule has 1 atom stereocenters. The minimum absolute atomic E-state index is 0.0402. The molecule has 0 spiro atoms. The molecule has 0 aliphatic carbocycles. The molecule has 2 aliphatic rings. The van der Waals surface area contributed by atoms with Crippen LogP contribution in [0.2, 0.25) is 5.02 Å². The monoisotopic (exact) mass is 430 g/mol. The van der Waals surface area contributed by atoms with E-state index in [0.717, 1.165) is 0 Å². The van der Waals surface area contributed by atoms with Crippen molar-refractivity contribution in [2.24, 2.45) is 0 Å². The fourth-order valence-electron chi connectivity index (χ4n) is 4.30. The number of rotatable bonds is 4. The Balaban J connectivity index is 1.78. The number of halogens is 2. The molecule has 2 aliphatic heterocycles. The maximum absolute atomic E-state index is 14.1. The molecule has 4 rings (SSSR count). The van der Waals surface area contributed by atoms with Gasteiger partial charge in [0, 0.05) is 24.4 Å². The Morgan fingerprint density at radius 2 is 1.93 bits per heavy atom. The van der Waals surface area contributed by atoms with Crippen LogP contribution in [0.3, 0.4) is 0 Å². The van der Waals surface area contributed by atoms with Crippen LogP contribution in [0.5, 0.6) is 0 Å². The molecule has 0 N–H and O–H groups in total. The van der Waals surface area contributed by atoms with Crippen molar-refractivity contribution in [3.63, 3.8) is 0 Å². The lowest BCUT2D eigenvalue weighted by Gasteiger charge is -2.50. The summed E-state index contributed by atoms with van der Waals surface area (Å²) < 4.78 is 19.6. The molecule has 1 fully saturated rings. The first-order chi connectivity index (χ1) is 14.3. The Kier molecular flexibility index (Phi) is 5.02. The van der Waals surface area contributed by atoms with Gasteiger partial charge < -0.3 is 9.64 Å². The van der Waals surface area contributed by atoms with Crippen LogP contribution >= 0.6 is 11.6 Å². The molecule has 2 aromatic rings. The number of amides is 2. The van der Waals surface area contributed by atoms with Crippen molar-refractivity contribution in [3.05, 3.63) is 64.4 Å². The van der Waals surface area contributed by atoms with Crippen LogP contribution in [0.25, 0.3) is 0 Å². The van der Waals surface area contributed by atoms with E-state index in [9.17, 15) is 18.8 Å². The highest BCUT2D eigenvalue weighted by Gasteiger charge is 2.62. The zero-order valence-corrected chi connectivity index (χ0v) is 17.3. The first-order valence-electron chi connectivity index (χ1n) is 9.65. The van der Waals surface area contributed by atoms with Crippen molar-refractivity contribution in [2.45, 2.75) is 45.0 Å². The van der Waals surface area contributed by atoms with E-state index in [1.165, 1.54) is 28.0 Å². The van der Waals surface area contributed by atoms with E-state index in [-0.39, 0.29) is 41.3 Å². The maximum Gasteiger partial charge on any atom is 0.354 e. The third-order valence-corrected chi connectivity index (χ3v) is 5.91. The number of para-hydroxylation sites is 1. The molecule has 0 saturated carbocycles. The average molecular weight is 431 g/mol. The number of anilines is 1. The summed E-state index contributed by atoms with van der Waals surface area (Å²) in [7, 11) is 0. The van der Waals surface area contributed by atoms with Gasteiger partial charge in [0.25, 0.3) is 5.91 Å².